The molecule has 0 aliphatic carbocycles. The summed E-state index contributed by atoms with van der Waals surface area (Å²) in [6.45, 7) is 1.77. The zero-order valence-electron chi connectivity index (χ0n) is 13.3. The van der Waals surface area contributed by atoms with Gasteiger partial charge in [-0.1, -0.05) is 11.6 Å². The van der Waals surface area contributed by atoms with Crippen molar-refractivity contribution in [3.05, 3.63) is 46.8 Å². The minimum absolute atomic E-state index is 0.296. The predicted octanol–water partition coefficient (Wildman–Crippen LogP) is 4.06. The van der Waals surface area contributed by atoms with E-state index in [1.54, 1.807) is 31.2 Å². The highest BCUT2D eigenvalue weighted by atomic mass is 35.5. The number of rotatable bonds is 4. The maximum absolute atomic E-state index is 12.5. The molecule has 3 aromatic rings. The average Bonchev–Trinajstić information content (AvgIpc) is 2.93. The maximum Gasteiger partial charge on any atom is 0.255 e. The van der Waals surface area contributed by atoms with Crippen LogP contribution in [0.25, 0.3) is 11.1 Å². The van der Waals surface area contributed by atoms with Gasteiger partial charge in [0.25, 0.3) is 5.91 Å². The van der Waals surface area contributed by atoms with E-state index < -0.39 is 0 Å². The Morgan fingerprint density at radius 3 is 2.71 bits per heavy atom. The second kappa shape index (κ2) is 6.41. The Bertz CT molecular complexity index is 920. The first kappa shape index (κ1) is 16.1. The zero-order chi connectivity index (χ0) is 17.3. The summed E-state index contributed by atoms with van der Waals surface area (Å²) < 4.78 is 15.8. The number of carbonyl (C=O) groups is 1. The summed E-state index contributed by atoms with van der Waals surface area (Å²) in [4.78, 5) is 16.7. The standard InChI is InChI=1S/C17H15ClN2O4/c1-9-19-13-8-11(4-5-14(13)24-9)20-17(21)10-6-12(18)16(23-3)15(7-10)22-2/h4-8H,1-3H3,(H,20,21). The largest absolute Gasteiger partial charge is 0.493 e. The molecular formula is C17H15ClN2O4. The Morgan fingerprint density at radius 2 is 2.00 bits per heavy atom. The fourth-order valence-corrected chi connectivity index (χ4v) is 2.66. The van der Waals surface area contributed by atoms with Crippen LogP contribution in [-0.2, 0) is 0 Å². The first-order valence-corrected chi connectivity index (χ1v) is 7.49. The third-order valence-corrected chi connectivity index (χ3v) is 3.73. The van der Waals surface area contributed by atoms with Gasteiger partial charge in [0.15, 0.2) is 23.0 Å². The summed E-state index contributed by atoms with van der Waals surface area (Å²) in [6, 6.07) is 8.34. The van der Waals surface area contributed by atoms with E-state index in [1.807, 2.05) is 0 Å². The number of methoxy groups -OCH3 is 2. The van der Waals surface area contributed by atoms with Crippen LogP contribution in [0, 0.1) is 6.92 Å². The molecule has 0 aliphatic rings. The molecule has 3 rings (SSSR count). The van der Waals surface area contributed by atoms with E-state index in [2.05, 4.69) is 10.3 Å². The van der Waals surface area contributed by atoms with Gasteiger partial charge in [-0.3, -0.25) is 4.79 Å². The summed E-state index contributed by atoms with van der Waals surface area (Å²) >= 11 is 6.13. The van der Waals surface area contributed by atoms with Gasteiger partial charge in [0, 0.05) is 18.2 Å². The lowest BCUT2D eigenvalue weighted by Gasteiger charge is -2.12. The number of amides is 1. The van der Waals surface area contributed by atoms with Crippen molar-refractivity contribution < 1.29 is 18.7 Å². The highest BCUT2D eigenvalue weighted by Gasteiger charge is 2.15. The molecule has 24 heavy (non-hydrogen) atoms. The summed E-state index contributed by atoms with van der Waals surface area (Å²) in [7, 11) is 2.97. The molecule has 0 radical (unpaired) electrons. The molecule has 1 N–H and O–H groups in total. The number of nitrogens with one attached hydrogen (secondary N) is 1. The summed E-state index contributed by atoms with van der Waals surface area (Å²) in [5, 5.41) is 3.10. The van der Waals surface area contributed by atoms with Crippen molar-refractivity contribution in [2.45, 2.75) is 6.92 Å². The van der Waals surface area contributed by atoms with E-state index in [-0.39, 0.29) is 5.91 Å². The topological polar surface area (TPSA) is 73.6 Å². The number of ether oxygens (including phenoxy) is 2. The molecule has 6 nitrogen and oxygen atoms in total. The third-order valence-electron chi connectivity index (χ3n) is 3.45. The van der Waals surface area contributed by atoms with Crippen molar-refractivity contribution in [2.24, 2.45) is 0 Å². The number of hydrogen-bond donors (Lipinski definition) is 1. The number of aromatic nitrogens is 1. The number of hydrogen-bond acceptors (Lipinski definition) is 5. The molecule has 7 heteroatoms. The molecule has 124 valence electrons. The van der Waals surface area contributed by atoms with Crippen LogP contribution >= 0.6 is 11.6 Å². The molecule has 0 saturated carbocycles. The van der Waals surface area contributed by atoms with Crippen LogP contribution in [0.3, 0.4) is 0 Å². The minimum Gasteiger partial charge on any atom is -0.493 e. The molecule has 0 aliphatic heterocycles. The lowest BCUT2D eigenvalue weighted by molar-refractivity contribution is 0.102. The van der Waals surface area contributed by atoms with Crippen LogP contribution in [0.1, 0.15) is 16.2 Å². The molecule has 1 aromatic heterocycles. The fraction of sp³-hybridized carbons (Fsp3) is 0.176. The second-order valence-corrected chi connectivity index (χ2v) is 5.47. The van der Waals surface area contributed by atoms with Gasteiger partial charge in [0.2, 0.25) is 0 Å². The summed E-state index contributed by atoms with van der Waals surface area (Å²) in [5.74, 6) is 1.02. The van der Waals surface area contributed by atoms with Gasteiger partial charge in [-0.05, 0) is 30.3 Å². The predicted molar refractivity (Wildman–Crippen MR) is 91.3 cm³/mol. The Labute approximate surface area is 143 Å². The van der Waals surface area contributed by atoms with E-state index in [0.29, 0.717) is 44.8 Å². The van der Waals surface area contributed by atoms with Crippen molar-refractivity contribution in [3.8, 4) is 11.5 Å². The normalized spacial score (nSPS) is 10.7. The highest BCUT2D eigenvalue weighted by molar-refractivity contribution is 6.32. The maximum atomic E-state index is 12.5. The number of carbonyl (C=O) groups excluding carboxylic acids is 1. The third kappa shape index (κ3) is 3.00. The van der Waals surface area contributed by atoms with Crippen LogP contribution in [0.15, 0.2) is 34.7 Å². The van der Waals surface area contributed by atoms with Crippen molar-refractivity contribution in [3.63, 3.8) is 0 Å². The molecule has 0 fully saturated rings. The average molecular weight is 347 g/mol. The molecule has 1 amide bonds. The number of nitrogens with zero attached hydrogens (tertiary/aromatic N) is 1. The van der Waals surface area contributed by atoms with Crippen LogP contribution < -0.4 is 14.8 Å². The number of fused-ring (bicyclic) bond motifs is 1. The Kier molecular flexibility index (Phi) is 4.31. The molecular weight excluding hydrogens is 332 g/mol. The number of aryl methyl sites for hydroxylation is 1. The van der Waals surface area contributed by atoms with Crippen molar-refractivity contribution >= 4 is 34.3 Å². The van der Waals surface area contributed by atoms with Gasteiger partial charge in [-0.15, -0.1) is 0 Å². The molecule has 0 bridgehead atoms. The van der Waals surface area contributed by atoms with E-state index in [0.717, 1.165) is 0 Å². The molecule has 2 aromatic carbocycles. The van der Waals surface area contributed by atoms with Gasteiger partial charge >= 0.3 is 0 Å². The molecule has 0 unspecified atom stereocenters. The number of benzene rings is 2. The SMILES string of the molecule is COc1cc(C(=O)Nc2ccc3oc(C)nc3c2)cc(Cl)c1OC. The second-order valence-electron chi connectivity index (χ2n) is 5.06. The highest BCUT2D eigenvalue weighted by Crippen LogP contribution is 2.36. The van der Waals surface area contributed by atoms with Gasteiger partial charge in [0.1, 0.15) is 5.52 Å². The van der Waals surface area contributed by atoms with Crippen LogP contribution in [-0.4, -0.2) is 25.1 Å². The van der Waals surface area contributed by atoms with E-state index in [9.17, 15) is 4.79 Å². The monoisotopic (exact) mass is 346 g/mol. The van der Waals surface area contributed by atoms with Crippen molar-refractivity contribution in [1.29, 1.82) is 0 Å². The van der Waals surface area contributed by atoms with Crippen LogP contribution in [0.5, 0.6) is 11.5 Å². The number of oxazole rings is 1. The molecule has 1 heterocycles. The minimum atomic E-state index is -0.322. The first-order valence-electron chi connectivity index (χ1n) is 7.12. The number of halogens is 1. The zero-order valence-corrected chi connectivity index (χ0v) is 14.1. The summed E-state index contributed by atoms with van der Waals surface area (Å²) in [6.07, 6.45) is 0. The fourth-order valence-electron chi connectivity index (χ4n) is 2.37. The van der Waals surface area contributed by atoms with Gasteiger partial charge in [-0.2, -0.15) is 0 Å². The quantitative estimate of drug-likeness (QED) is 0.771. The van der Waals surface area contributed by atoms with E-state index in [4.69, 9.17) is 25.5 Å². The molecule has 0 saturated heterocycles. The Hall–Kier alpha value is -2.73. The van der Waals surface area contributed by atoms with Crippen molar-refractivity contribution in [1.82, 2.24) is 4.98 Å². The van der Waals surface area contributed by atoms with Gasteiger partial charge in [-0.25, -0.2) is 4.98 Å². The first-order chi connectivity index (χ1) is 11.5. The van der Waals surface area contributed by atoms with Crippen LogP contribution in [0.4, 0.5) is 5.69 Å². The Balaban J connectivity index is 1.89. The smallest absolute Gasteiger partial charge is 0.255 e. The lowest BCUT2D eigenvalue weighted by atomic mass is 10.1. The van der Waals surface area contributed by atoms with E-state index in [1.165, 1.54) is 20.3 Å². The summed E-state index contributed by atoms with van der Waals surface area (Å²) in [5.41, 5.74) is 2.30. The molecule has 0 atom stereocenters. The van der Waals surface area contributed by atoms with Gasteiger partial charge < -0.3 is 19.2 Å². The lowest BCUT2D eigenvalue weighted by Crippen LogP contribution is -2.12. The van der Waals surface area contributed by atoms with E-state index >= 15 is 0 Å². The van der Waals surface area contributed by atoms with Crippen molar-refractivity contribution in [2.75, 3.05) is 19.5 Å². The van der Waals surface area contributed by atoms with Gasteiger partial charge in [0.05, 0.1) is 19.2 Å². The van der Waals surface area contributed by atoms with Crippen LogP contribution in [0.2, 0.25) is 5.02 Å². The molecule has 0 spiro atoms. The Morgan fingerprint density at radius 1 is 1.21 bits per heavy atom. The number of anilines is 1.